The van der Waals surface area contributed by atoms with Gasteiger partial charge in [0.05, 0.1) is 6.61 Å². The van der Waals surface area contributed by atoms with Crippen molar-refractivity contribution in [2.75, 3.05) is 6.61 Å². The van der Waals surface area contributed by atoms with E-state index in [1.54, 1.807) is 6.92 Å². The second-order valence-corrected chi connectivity index (χ2v) is 4.20. The molecular weight excluding hydrogens is 230 g/mol. The predicted octanol–water partition coefficient (Wildman–Crippen LogP) is 2.63. The highest BCUT2D eigenvalue weighted by molar-refractivity contribution is 6.36. The van der Waals surface area contributed by atoms with Gasteiger partial charge in [-0.1, -0.05) is 28.9 Å². The molecule has 1 aromatic carbocycles. The molecule has 4 heteroatoms. The number of ether oxygens (including phenoxy) is 1. The first-order valence-corrected chi connectivity index (χ1v) is 6.02. The van der Waals surface area contributed by atoms with Crippen LogP contribution in [0.4, 0.5) is 0 Å². The van der Waals surface area contributed by atoms with Crippen molar-refractivity contribution in [1.82, 2.24) is 0 Å². The molecule has 0 amide bonds. The van der Waals surface area contributed by atoms with Crippen molar-refractivity contribution in [3.8, 4) is 0 Å². The number of rotatable bonds is 5. The molecule has 0 aliphatic rings. The minimum atomic E-state index is -0.551. The van der Waals surface area contributed by atoms with Crippen LogP contribution in [0.25, 0.3) is 0 Å². The van der Waals surface area contributed by atoms with E-state index in [1.807, 2.05) is 26.0 Å². The third kappa shape index (κ3) is 3.87. The zero-order chi connectivity index (χ0) is 13.5. The molecule has 0 fully saturated rings. The van der Waals surface area contributed by atoms with Crippen LogP contribution >= 0.6 is 0 Å². The average Bonchev–Trinajstić information content (AvgIpc) is 2.32. The van der Waals surface area contributed by atoms with Gasteiger partial charge in [-0.15, -0.1) is 0 Å². The van der Waals surface area contributed by atoms with E-state index in [0.717, 1.165) is 5.56 Å². The predicted molar refractivity (Wildman–Crippen MR) is 70.1 cm³/mol. The highest BCUT2D eigenvalue weighted by atomic mass is 16.5. The van der Waals surface area contributed by atoms with Gasteiger partial charge in [0.25, 0.3) is 0 Å². The number of carbonyl (C=O) groups excluding carboxylic acids is 1. The Morgan fingerprint density at radius 2 is 2.11 bits per heavy atom. The number of esters is 1. The molecule has 18 heavy (non-hydrogen) atoms. The summed E-state index contributed by atoms with van der Waals surface area (Å²) < 4.78 is 4.80. The van der Waals surface area contributed by atoms with Gasteiger partial charge < -0.3 is 9.94 Å². The highest BCUT2D eigenvalue weighted by Gasteiger charge is 2.13. The number of nitrogens with zero attached hydrogens (tertiary/aromatic N) is 1. The number of hydrogen-bond donors (Lipinski definition) is 1. The van der Waals surface area contributed by atoms with Crippen LogP contribution in [-0.2, 0) is 16.0 Å². The van der Waals surface area contributed by atoms with Crippen LogP contribution in [-0.4, -0.2) is 23.5 Å². The number of benzene rings is 1. The molecule has 0 heterocycles. The van der Waals surface area contributed by atoms with E-state index in [2.05, 4.69) is 11.2 Å². The average molecular weight is 249 g/mol. The Morgan fingerprint density at radius 3 is 2.67 bits per heavy atom. The van der Waals surface area contributed by atoms with E-state index in [0.29, 0.717) is 12.8 Å². The van der Waals surface area contributed by atoms with Gasteiger partial charge in [-0.05, 0) is 38.3 Å². The Hall–Kier alpha value is -1.84. The third-order valence-electron chi connectivity index (χ3n) is 2.76. The van der Waals surface area contributed by atoms with Crippen molar-refractivity contribution in [2.45, 2.75) is 33.6 Å². The van der Waals surface area contributed by atoms with Gasteiger partial charge in [0, 0.05) is 6.42 Å². The van der Waals surface area contributed by atoms with Crippen LogP contribution < -0.4 is 0 Å². The second-order valence-electron chi connectivity index (χ2n) is 4.20. The zero-order valence-corrected chi connectivity index (χ0v) is 11.1. The Morgan fingerprint density at radius 1 is 1.39 bits per heavy atom. The molecule has 0 atom stereocenters. The lowest BCUT2D eigenvalue weighted by molar-refractivity contribution is -0.135. The summed E-state index contributed by atoms with van der Waals surface area (Å²) in [5.74, 6) is -0.551. The maximum Gasteiger partial charge on any atom is 0.356 e. The summed E-state index contributed by atoms with van der Waals surface area (Å²) in [6, 6.07) is 6.16. The first-order valence-electron chi connectivity index (χ1n) is 6.02. The quantitative estimate of drug-likeness (QED) is 0.378. The molecule has 0 saturated carbocycles. The smallest absolute Gasteiger partial charge is 0.356 e. The topological polar surface area (TPSA) is 58.9 Å². The first-order chi connectivity index (χ1) is 8.58. The van der Waals surface area contributed by atoms with Crippen molar-refractivity contribution in [3.63, 3.8) is 0 Å². The number of carbonyl (C=O) groups is 1. The molecule has 98 valence electrons. The fourth-order valence-corrected chi connectivity index (χ4v) is 1.79. The standard InChI is InChI=1S/C14H19NO3/c1-4-18-14(16)13(15-17)8-7-12-6-5-10(2)9-11(12)3/h5-6,9,17H,4,7-8H2,1-3H3/b15-13+. The van der Waals surface area contributed by atoms with Crippen LogP contribution in [0.1, 0.15) is 30.0 Å². The molecule has 0 aliphatic heterocycles. The Labute approximate surface area is 107 Å². The van der Waals surface area contributed by atoms with Crippen LogP contribution in [0.15, 0.2) is 23.4 Å². The molecule has 1 rings (SSSR count). The Balaban J connectivity index is 2.66. The maximum absolute atomic E-state index is 11.4. The molecular formula is C14H19NO3. The molecule has 0 saturated heterocycles. The highest BCUT2D eigenvalue weighted by Crippen LogP contribution is 2.13. The molecule has 0 aromatic heterocycles. The lowest BCUT2D eigenvalue weighted by Crippen LogP contribution is -2.18. The molecule has 0 aliphatic carbocycles. The van der Waals surface area contributed by atoms with Crippen LogP contribution in [0, 0.1) is 13.8 Å². The van der Waals surface area contributed by atoms with E-state index in [1.165, 1.54) is 11.1 Å². The van der Waals surface area contributed by atoms with E-state index >= 15 is 0 Å². The van der Waals surface area contributed by atoms with Crippen molar-refractivity contribution in [3.05, 3.63) is 34.9 Å². The lowest BCUT2D eigenvalue weighted by atomic mass is 10.0. The lowest BCUT2D eigenvalue weighted by Gasteiger charge is -2.07. The van der Waals surface area contributed by atoms with Gasteiger partial charge >= 0.3 is 5.97 Å². The number of hydrogen-bond acceptors (Lipinski definition) is 4. The maximum atomic E-state index is 11.4. The number of aryl methyl sites for hydroxylation is 3. The van der Waals surface area contributed by atoms with E-state index in [4.69, 9.17) is 9.94 Å². The molecule has 0 spiro atoms. The minimum Gasteiger partial charge on any atom is -0.461 e. The van der Waals surface area contributed by atoms with Crippen LogP contribution in [0.3, 0.4) is 0 Å². The summed E-state index contributed by atoms with van der Waals surface area (Å²) in [6.45, 7) is 6.07. The SMILES string of the molecule is CCOC(=O)/C(CCc1ccc(C)cc1C)=N/O. The van der Waals surface area contributed by atoms with Crippen molar-refractivity contribution in [1.29, 1.82) is 0 Å². The first kappa shape index (κ1) is 14.2. The zero-order valence-electron chi connectivity index (χ0n) is 11.1. The fraction of sp³-hybridized carbons (Fsp3) is 0.429. The van der Waals surface area contributed by atoms with Crippen molar-refractivity contribution >= 4 is 11.7 Å². The van der Waals surface area contributed by atoms with Crippen molar-refractivity contribution < 1.29 is 14.7 Å². The Kier molecular flexibility index (Phi) is 5.36. The molecule has 0 bridgehead atoms. The van der Waals surface area contributed by atoms with E-state index in [-0.39, 0.29) is 12.3 Å². The summed E-state index contributed by atoms with van der Waals surface area (Å²) in [4.78, 5) is 11.4. The van der Waals surface area contributed by atoms with Gasteiger partial charge in [-0.3, -0.25) is 0 Å². The Bertz CT molecular complexity index is 452. The van der Waals surface area contributed by atoms with Gasteiger partial charge in [-0.2, -0.15) is 0 Å². The largest absolute Gasteiger partial charge is 0.461 e. The van der Waals surface area contributed by atoms with Gasteiger partial charge in [0.2, 0.25) is 0 Å². The normalized spacial score (nSPS) is 11.4. The molecule has 4 nitrogen and oxygen atoms in total. The van der Waals surface area contributed by atoms with Crippen LogP contribution in [0.2, 0.25) is 0 Å². The molecule has 1 aromatic rings. The van der Waals surface area contributed by atoms with Gasteiger partial charge in [-0.25, -0.2) is 4.79 Å². The summed E-state index contributed by atoms with van der Waals surface area (Å²) in [5.41, 5.74) is 3.59. The minimum absolute atomic E-state index is 0.0665. The van der Waals surface area contributed by atoms with Gasteiger partial charge in [0.1, 0.15) is 0 Å². The van der Waals surface area contributed by atoms with E-state index in [9.17, 15) is 4.79 Å². The monoisotopic (exact) mass is 249 g/mol. The van der Waals surface area contributed by atoms with Crippen molar-refractivity contribution in [2.24, 2.45) is 5.16 Å². The third-order valence-corrected chi connectivity index (χ3v) is 2.76. The summed E-state index contributed by atoms with van der Waals surface area (Å²) in [7, 11) is 0. The molecule has 0 radical (unpaired) electrons. The summed E-state index contributed by atoms with van der Waals surface area (Å²) in [5, 5.41) is 11.8. The molecule has 0 unspecified atom stereocenters. The van der Waals surface area contributed by atoms with Gasteiger partial charge in [0.15, 0.2) is 5.71 Å². The molecule has 1 N–H and O–H groups in total. The van der Waals surface area contributed by atoms with Crippen LogP contribution in [0.5, 0.6) is 0 Å². The summed E-state index contributed by atoms with van der Waals surface area (Å²) in [6.07, 6.45) is 1.03. The fourth-order valence-electron chi connectivity index (χ4n) is 1.79. The number of oxime groups is 1. The second kappa shape index (κ2) is 6.79. The van der Waals surface area contributed by atoms with E-state index < -0.39 is 5.97 Å². The summed E-state index contributed by atoms with van der Waals surface area (Å²) >= 11 is 0.